The number of hydrogen-bond donors (Lipinski definition) is 0. The molecule has 0 spiro atoms. The van der Waals surface area contributed by atoms with Crippen LogP contribution in [0.4, 0.5) is 0 Å². The van der Waals surface area contributed by atoms with E-state index in [1.807, 2.05) is 11.0 Å². The van der Waals surface area contributed by atoms with Gasteiger partial charge in [0.1, 0.15) is 11.9 Å². The first-order valence-corrected chi connectivity index (χ1v) is 11.2. The van der Waals surface area contributed by atoms with Crippen molar-refractivity contribution in [1.29, 1.82) is 0 Å². The highest BCUT2D eigenvalue weighted by Crippen LogP contribution is 2.41. The number of carbonyl (C=O) groups excluding carboxylic acids is 1. The molecule has 0 N–H and O–H groups in total. The van der Waals surface area contributed by atoms with Crippen molar-refractivity contribution in [2.75, 3.05) is 13.2 Å². The molecule has 0 unspecified atom stereocenters. The van der Waals surface area contributed by atoms with Gasteiger partial charge in [-0.05, 0) is 70.5 Å². The lowest BCUT2D eigenvalue weighted by Gasteiger charge is -2.32. The van der Waals surface area contributed by atoms with Crippen LogP contribution in [0, 0.1) is 5.92 Å². The van der Waals surface area contributed by atoms with Gasteiger partial charge in [0, 0.05) is 19.0 Å². The van der Waals surface area contributed by atoms with Crippen LogP contribution in [0.5, 0.6) is 5.75 Å². The van der Waals surface area contributed by atoms with Crippen LogP contribution in [0.15, 0.2) is 12.1 Å². The third-order valence-electron chi connectivity index (χ3n) is 7.52. The van der Waals surface area contributed by atoms with E-state index < -0.39 is 18.3 Å². The Morgan fingerprint density at radius 2 is 1.83 bits per heavy atom. The third kappa shape index (κ3) is 3.35. The average Bonchev–Trinajstić information content (AvgIpc) is 3.23. The van der Waals surface area contributed by atoms with Crippen LogP contribution in [0.25, 0.3) is 0 Å². The normalized spacial score (nSPS) is 28.2. The average molecular weight is 413 g/mol. The number of carbonyl (C=O) groups is 1. The smallest absolute Gasteiger partial charge is 0.487 e. The van der Waals surface area contributed by atoms with E-state index in [2.05, 4.69) is 40.7 Å². The summed E-state index contributed by atoms with van der Waals surface area (Å²) in [6, 6.07) is 4.28. The number of benzene rings is 1. The quantitative estimate of drug-likeness (QED) is 0.695. The third-order valence-corrected chi connectivity index (χ3v) is 7.52. The van der Waals surface area contributed by atoms with Gasteiger partial charge < -0.3 is 23.7 Å². The van der Waals surface area contributed by atoms with Gasteiger partial charge in [0.15, 0.2) is 0 Å². The van der Waals surface area contributed by atoms with Gasteiger partial charge in [-0.3, -0.25) is 4.79 Å². The van der Waals surface area contributed by atoms with Gasteiger partial charge >= 0.3 is 7.12 Å². The molecule has 2 atom stereocenters. The van der Waals surface area contributed by atoms with Crippen LogP contribution in [-0.4, -0.2) is 54.5 Å². The summed E-state index contributed by atoms with van der Waals surface area (Å²) >= 11 is 0. The molecule has 6 nitrogen and oxygen atoms in total. The maximum atomic E-state index is 13.4. The van der Waals surface area contributed by atoms with Crippen LogP contribution < -0.4 is 10.2 Å². The largest absolute Gasteiger partial charge is 0.494 e. The fourth-order valence-corrected chi connectivity index (χ4v) is 4.62. The lowest BCUT2D eigenvalue weighted by atomic mass is 9.77. The van der Waals surface area contributed by atoms with E-state index in [0.717, 1.165) is 17.4 Å². The van der Waals surface area contributed by atoms with E-state index in [9.17, 15) is 4.79 Å². The molecule has 3 aliphatic heterocycles. The molecule has 1 aromatic carbocycles. The number of ether oxygens (including phenoxy) is 2. The molecular formula is C23H32BNO5. The van der Waals surface area contributed by atoms with Crippen molar-refractivity contribution in [3.05, 3.63) is 23.3 Å². The molecule has 2 saturated heterocycles. The molecule has 3 fully saturated rings. The molecule has 162 valence electrons. The molecule has 7 heteroatoms. The number of hydrogen-bond acceptors (Lipinski definition) is 5. The molecule has 3 heterocycles. The Hall–Kier alpha value is -1.57. The summed E-state index contributed by atoms with van der Waals surface area (Å²) in [4.78, 5) is 15.4. The summed E-state index contributed by atoms with van der Waals surface area (Å²) in [5.74, 6) is 1.35. The second-order valence-electron chi connectivity index (χ2n) is 10.3. The molecule has 1 amide bonds. The minimum Gasteiger partial charge on any atom is -0.487 e. The van der Waals surface area contributed by atoms with Gasteiger partial charge in [-0.25, -0.2) is 0 Å². The Balaban J connectivity index is 1.50. The van der Waals surface area contributed by atoms with Gasteiger partial charge in [0.25, 0.3) is 5.91 Å². The minimum absolute atomic E-state index is 0.0228. The standard InChI is InChI=1S/C23H32BNO5/c1-14(15-6-7-15)25-12-16-10-17(24-29-22(2,3)23(4,5)30-24)11-19(20(16)21(25)26)28-18-8-9-27-13-18/h10-11,14-15,18H,6-9,12-13H2,1-5H3/t14-,18+/m0/s1. The fraction of sp³-hybridized carbons (Fsp3) is 0.696. The molecule has 5 rings (SSSR count). The van der Waals surface area contributed by atoms with Crippen molar-refractivity contribution in [3.63, 3.8) is 0 Å². The number of fused-ring (bicyclic) bond motifs is 1. The van der Waals surface area contributed by atoms with Crippen molar-refractivity contribution in [1.82, 2.24) is 4.90 Å². The van der Waals surface area contributed by atoms with E-state index in [0.29, 0.717) is 37.0 Å². The van der Waals surface area contributed by atoms with Gasteiger partial charge in [-0.1, -0.05) is 6.07 Å². The highest BCUT2D eigenvalue weighted by molar-refractivity contribution is 6.62. The molecular weight excluding hydrogens is 381 g/mol. The lowest BCUT2D eigenvalue weighted by Crippen LogP contribution is -2.41. The molecule has 1 saturated carbocycles. The predicted molar refractivity (Wildman–Crippen MR) is 114 cm³/mol. The summed E-state index contributed by atoms with van der Waals surface area (Å²) < 4.78 is 24.4. The number of amides is 1. The zero-order valence-corrected chi connectivity index (χ0v) is 18.7. The van der Waals surface area contributed by atoms with Crippen molar-refractivity contribution in [2.24, 2.45) is 5.92 Å². The van der Waals surface area contributed by atoms with Gasteiger partial charge in [0.05, 0.1) is 30.0 Å². The van der Waals surface area contributed by atoms with Crippen LogP contribution in [0.3, 0.4) is 0 Å². The molecule has 1 aromatic rings. The monoisotopic (exact) mass is 413 g/mol. The molecule has 0 radical (unpaired) electrons. The first kappa shape index (κ1) is 20.3. The molecule has 0 aromatic heterocycles. The maximum absolute atomic E-state index is 13.4. The Labute approximate surface area is 179 Å². The summed E-state index contributed by atoms with van der Waals surface area (Å²) in [5.41, 5.74) is 1.79. The first-order valence-electron chi connectivity index (χ1n) is 11.2. The minimum atomic E-state index is -0.479. The van der Waals surface area contributed by atoms with E-state index in [-0.39, 0.29) is 18.1 Å². The zero-order chi connectivity index (χ0) is 21.3. The second kappa shape index (κ2) is 6.97. The maximum Gasteiger partial charge on any atom is 0.494 e. The van der Waals surface area contributed by atoms with E-state index >= 15 is 0 Å². The SMILES string of the molecule is C[C@@H](C1CC1)N1Cc2cc(B3OC(C)(C)C(C)(C)O3)cc(O[C@@H]3CCOC3)c2C1=O. The lowest BCUT2D eigenvalue weighted by molar-refractivity contribution is 0.00578. The van der Waals surface area contributed by atoms with Crippen LogP contribution in [-0.2, 0) is 20.6 Å². The number of rotatable bonds is 5. The Bertz CT molecular complexity index is 843. The van der Waals surface area contributed by atoms with Crippen LogP contribution in [0.2, 0.25) is 0 Å². The van der Waals surface area contributed by atoms with Gasteiger partial charge in [-0.15, -0.1) is 0 Å². The summed E-state index contributed by atoms with van der Waals surface area (Å²) in [6.07, 6.45) is 3.24. The molecule has 30 heavy (non-hydrogen) atoms. The Morgan fingerprint density at radius 1 is 1.13 bits per heavy atom. The predicted octanol–water partition coefficient (Wildman–Crippen LogP) is 2.91. The van der Waals surface area contributed by atoms with Crippen molar-refractivity contribution < 1.29 is 23.6 Å². The van der Waals surface area contributed by atoms with Gasteiger partial charge in [0.2, 0.25) is 0 Å². The summed E-state index contributed by atoms with van der Waals surface area (Å²) in [6.45, 7) is 12.3. The Morgan fingerprint density at radius 3 is 2.43 bits per heavy atom. The molecule has 1 aliphatic carbocycles. The highest BCUT2D eigenvalue weighted by Gasteiger charge is 2.52. The van der Waals surface area contributed by atoms with Gasteiger partial charge in [-0.2, -0.15) is 0 Å². The Kier molecular flexibility index (Phi) is 4.73. The topological polar surface area (TPSA) is 57.2 Å². The molecule has 0 bridgehead atoms. The zero-order valence-electron chi connectivity index (χ0n) is 18.7. The highest BCUT2D eigenvalue weighted by atomic mass is 16.7. The first-order chi connectivity index (χ1) is 14.2. The van der Waals surface area contributed by atoms with Crippen molar-refractivity contribution >= 4 is 18.5 Å². The van der Waals surface area contributed by atoms with Crippen molar-refractivity contribution in [3.8, 4) is 5.75 Å². The second-order valence-corrected chi connectivity index (χ2v) is 10.3. The number of nitrogens with zero attached hydrogens (tertiary/aromatic N) is 1. The summed E-state index contributed by atoms with van der Waals surface area (Å²) in [5, 5.41) is 0. The summed E-state index contributed by atoms with van der Waals surface area (Å²) in [7, 11) is -0.479. The van der Waals surface area contributed by atoms with Crippen LogP contribution in [0.1, 0.15) is 69.8 Å². The van der Waals surface area contributed by atoms with Crippen LogP contribution >= 0.6 is 0 Å². The van der Waals surface area contributed by atoms with E-state index in [1.54, 1.807) is 0 Å². The fourth-order valence-electron chi connectivity index (χ4n) is 4.62. The van der Waals surface area contributed by atoms with Crippen molar-refractivity contribution in [2.45, 2.75) is 83.8 Å². The molecule has 4 aliphatic rings. The van der Waals surface area contributed by atoms with E-state index in [4.69, 9.17) is 18.8 Å². The van der Waals surface area contributed by atoms with E-state index in [1.165, 1.54) is 12.8 Å².